The van der Waals surface area contributed by atoms with Crippen LogP contribution in [-0.4, -0.2) is 26.6 Å². The maximum atomic E-state index is 11.1. The molecular formula is C16H15N7O2. The Morgan fingerprint density at radius 1 is 1.36 bits per heavy atom. The number of nitro groups is 1. The molecule has 0 saturated heterocycles. The molecule has 3 aromatic rings. The molecular weight excluding hydrogens is 322 g/mol. The van der Waals surface area contributed by atoms with Crippen molar-refractivity contribution >= 4 is 28.0 Å². The van der Waals surface area contributed by atoms with Gasteiger partial charge < -0.3 is 11.1 Å². The third-order valence-corrected chi connectivity index (χ3v) is 3.89. The second-order valence-corrected chi connectivity index (χ2v) is 5.42. The highest BCUT2D eigenvalue weighted by Gasteiger charge is 2.14. The summed E-state index contributed by atoms with van der Waals surface area (Å²) in [6, 6.07) is 6.94. The van der Waals surface area contributed by atoms with Gasteiger partial charge in [-0.2, -0.15) is 10.4 Å². The minimum atomic E-state index is -0.417. The summed E-state index contributed by atoms with van der Waals surface area (Å²) in [7, 11) is 0. The smallest absolute Gasteiger partial charge is 0.278 e. The molecule has 0 spiro atoms. The van der Waals surface area contributed by atoms with E-state index in [2.05, 4.69) is 20.5 Å². The van der Waals surface area contributed by atoms with Gasteiger partial charge in [-0.3, -0.25) is 20.2 Å². The van der Waals surface area contributed by atoms with Crippen LogP contribution in [0, 0.1) is 21.4 Å². The molecule has 1 aromatic carbocycles. The summed E-state index contributed by atoms with van der Waals surface area (Å²) in [6.45, 7) is 0.624. The number of nitrogens with one attached hydrogen (secondary N) is 2. The Morgan fingerprint density at radius 2 is 2.20 bits per heavy atom. The molecule has 2 aromatic heterocycles. The van der Waals surface area contributed by atoms with Gasteiger partial charge in [0.2, 0.25) is 0 Å². The van der Waals surface area contributed by atoms with Gasteiger partial charge >= 0.3 is 0 Å². The highest BCUT2D eigenvalue weighted by atomic mass is 16.6. The van der Waals surface area contributed by atoms with E-state index in [0.717, 1.165) is 17.5 Å². The molecule has 0 atom stereocenters. The normalized spacial score (nSPS) is 10.5. The topological polar surface area (TPSA) is 147 Å². The van der Waals surface area contributed by atoms with Crippen molar-refractivity contribution in [2.24, 2.45) is 0 Å². The second kappa shape index (κ2) is 6.84. The fraction of sp³-hybridized carbons (Fsp3) is 0.188. The first kappa shape index (κ1) is 16.2. The quantitative estimate of drug-likeness (QED) is 0.355. The number of hydrogen-bond acceptors (Lipinski definition) is 7. The molecule has 0 saturated carbocycles. The third-order valence-electron chi connectivity index (χ3n) is 3.89. The molecule has 0 radical (unpaired) electrons. The number of nitriles is 1. The zero-order chi connectivity index (χ0) is 17.8. The monoisotopic (exact) mass is 337 g/mol. The van der Waals surface area contributed by atoms with Crippen LogP contribution in [0.3, 0.4) is 0 Å². The van der Waals surface area contributed by atoms with Crippen LogP contribution in [0.1, 0.15) is 17.7 Å². The Hall–Kier alpha value is -3.67. The van der Waals surface area contributed by atoms with Crippen LogP contribution < -0.4 is 11.1 Å². The Bertz CT molecular complexity index is 974. The average Bonchev–Trinajstić information content (AvgIpc) is 2.98. The molecule has 0 aliphatic heterocycles. The summed E-state index contributed by atoms with van der Waals surface area (Å²) in [5.41, 5.74) is 7.52. The minimum absolute atomic E-state index is 0.0280. The molecule has 4 N–H and O–H groups in total. The maximum absolute atomic E-state index is 11.1. The molecule has 0 amide bonds. The number of aryl methyl sites for hydroxylation is 1. The Balaban J connectivity index is 1.71. The number of aromatic nitrogens is 3. The average molecular weight is 337 g/mol. The number of aromatic amines is 1. The number of H-pyrrole nitrogens is 1. The van der Waals surface area contributed by atoms with Crippen molar-refractivity contribution < 1.29 is 4.92 Å². The van der Waals surface area contributed by atoms with Gasteiger partial charge in [-0.05, 0) is 25.0 Å². The highest BCUT2D eigenvalue weighted by Crippen LogP contribution is 2.30. The summed E-state index contributed by atoms with van der Waals surface area (Å²) in [5.74, 6) is 0.208. The molecule has 126 valence electrons. The van der Waals surface area contributed by atoms with Crippen LogP contribution in [0.2, 0.25) is 0 Å². The van der Waals surface area contributed by atoms with Gasteiger partial charge in [-0.15, -0.1) is 0 Å². The summed E-state index contributed by atoms with van der Waals surface area (Å²) in [6.07, 6.45) is 4.45. The lowest BCUT2D eigenvalue weighted by Gasteiger charge is -2.09. The Morgan fingerprint density at radius 3 is 2.96 bits per heavy atom. The minimum Gasteiger partial charge on any atom is -0.385 e. The van der Waals surface area contributed by atoms with Gasteiger partial charge in [0.25, 0.3) is 5.69 Å². The number of rotatable bonds is 6. The number of fused-ring (bicyclic) bond motifs is 1. The van der Waals surface area contributed by atoms with Crippen molar-refractivity contribution in [2.45, 2.75) is 12.8 Å². The highest BCUT2D eigenvalue weighted by molar-refractivity contribution is 5.99. The fourth-order valence-corrected chi connectivity index (χ4v) is 2.68. The first-order valence-electron chi connectivity index (χ1n) is 7.59. The van der Waals surface area contributed by atoms with E-state index in [-0.39, 0.29) is 11.5 Å². The number of hydrogen-bond donors (Lipinski definition) is 3. The first-order valence-corrected chi connectivity index (χ1v) is 7.59. The zero-order valence-corrected chi connectivity index (χ0v) is 13.2. The van der Waals surface area contributed by atoms with Crippen LogP contribution >= 0.6 is 0 Å². The Labute approximate surface area is 142 Å². The number of anilines is 2. The predicted molar refractivity (Wildman–Crippen MR) is 92.9 cm³/mol. The number of nitrogen functional groups attached to an aromatic ring is 1. The summed E-state index contributed by atoms with van der Waals surface area (Å²) in [4.78, 5) is 14.7. The molecule has 0 aliphatic rings. The van der Waals surface area contributed by atoms with Gasteiger partial charge in [0, 0.05) is 36.1 Å². The van der Waals surface area contributed by atoms with E-state index in [1.807, 2.05) is 6.07 Å². The molecule has 0 unspecified atom stereocenters. The molecule has 0 bridgehead atoms. The molecule has 9 nitrogen and oxygen atoms in total. The number of pyridine rings is 1. The SMILES string of the molecule is N#Cc1c(N)n[nH]c1CCCNc1ccc([N+](=O)[O-])c2cnccc12. The van der Waals surface area contributed by atoms with Gasteiger partial charge in [-0.25, -0.2) is 0 Å². The lowest BCUT2D eigenvalue weighted by molar-refractivity contribution is -0.383. The van der Waals surface area contributed by atoms with E-state index >= 15 is 0 Å². The number of nitrogens with zero attached hydrogens (tertiary/aromatic N) is 4. The van der Waals surface area contributed by atoms with Gasteiger partial charge in [0.1, 0.15) is 11.6 Å². The fourth-order valence-electron chi connectivity index (χ4n) is 2.68. The molecule has 2 heterocycles. The van der Waals surface area contributed by atoms with Gasteiger partial charge in [0.15, 0.2) is 5.82 Å². The molecule has 0 fully saturated rings. The van der Waals surface area contributed by atoms with E-state index in [9.17, 15) is 10.1 Å². The zero-order valence-electron chi connectivity index (χ0n) is 13.2. The number of non-ortho nitro benzene ring substituents is 1. The van der Waals surface area contributed by atoms with E-state index < -0.39 is 4.92 Å². The van der Waals surface area contributed by atoms with Crippen LogP contribution in [0.15, 0.2) is 30.6 Å². The van der Waals surface area contributed by atoms with E-state index in [1.54, 1.807) is 18.3 Å². The van der Waals surface area contributed by atoms with Crippen molar-refractivity contribution in [3.05, 3.63) is 52.0 Å². The standard InChI is InChI=1S/C16H15N7O2/c17-8-11-14(21-22-16(11)18)2-1-6-20-13-3-4-15(23(24)25)12-9-19-7-5-10(12)13/h3-5,7,9,20H,1-2,6H2,(H3,18,21,22). The number of nitrogens with two attached hydrogens (primary N) is 1. The largest absolute Gasteiger partial charge is 0.385 e. The van der Waals surface area contributed by atoms with Crippen molar-refractivity contribution in [3.63, 3.8) is 0 Å². The Kier molecular flexibility index (Phi) is 4.43. The van der Waals surface area contributed by atoms with E-state index in [1.165, 1.54) is 12.3 Å². The summed E-state index contributed by atoms with van der Waals surface area (Å²) < 4.78 is 0. The lowest BCUT2D eigenvalue weighted by atomic mass is 10.1. The predicted octanol–water partition coefficient (Wildman–Crippen LogP) is 2.36. The van der Waals surface area contributed by atoms with E-state index in [4.69, 9.17) is 11.0 Å². The number of benzene rings is 1. The van der Waals surface area contributed by atoms with Crippen LogP contribution in [0.5, 0.6) is 0 Å². The maximum Gasteiger partial charge on any atom is 0.278 e. The van der Waals surface area contributed by atoms with Crippen molar-refractivity contribution in [1.82, 2.24) is 15.2 Å². The van der Waals surface area contributed by atoms with Gasteiger partial charge in [0.05, 0.1) is 16.0 Å². The van der Waals surface area contributed by atoms with Crippen LogP contribution in [0.25, 0.3) is 10.8 Å². The second-order valence-electron chi connectivity index (χ2n) is 5.42. The van der Waals surface area contributed by atoms with Crippen LogP contribution in [-0.2, 0) is 6.42 Å². The molecule has 25 heavy (non-hydrogen) atoms. The summed E-state index contributed by atoms with van der Waals surface area (Å²) in [5, 5.41) is 31.3. The van der Waals surface area contributed by atoms with E-state index in [0.29, 0.717) is 29.6 Å². The first-order chi connectivity index (χ1) is 12.1. The molecule has 0 aliphatic carbocycles. The van der Waals surface area contributed by atoms with Crippen molar-refractivity contribution in [2.75, 3.05) is 17.6 Å². The van der Waals surface area contributed by atoms with Crippen molar-refractivity contribution in [1.29, 1.82) is 5.26 Å². The number of nitro benzene ring substituents is 1. The molecule has 9 heteroatoms. The van der Waals surface area contributed by atoms with Crippen molar-refractivity contribution in [3.8, 4) is 6.07 Å². The van der Waals surface area contributed by atoms with Crippen LogP contribution in [0.4, 0.5) is 17.2 Å². The third kappa shape index (κ3) is 3.18. The van der Waals surface area contributed by atoms with Gasteiger partial charge in [-0.1, -0.05) is 0 Å². The summed E-state index contributed by atoms with van der Waals surface area (Å²) >= 11 is 0. The lowest BCUT2D eigenvalue weighted by Crippen LogP contribution is -2.05. The molecule has 3 rings (SSSR count).